The summed E-state index contributed by atoms with van der Waals surface area (Å²) in [5.41, 5.74) is 6.27. The van der Waals surface area contributed by atoms with Crippen LogP contribution in [-0.2, 0) is 26.2 Å². The fraction of sp³-hybridized carbons (Fsp3) is 0.227. The van der Waals surface area contributed by atoms with Crippen LogP contribution in [0.3, 0.4) is 0 Å². The quantitative estimate of drug-likeness (QED) is 0.399. The Hall–Kier alpha value is -0.280. The zero-order valence-corrected chi connectivity index (χ0v) is 21.5. The van der Waals surface area contributed by atoms with Crippen LogP contribution in [0.1, 0.15) is 34.1 Å². The van der Waals surface area contributed by atoms with Gasteiger partial charge in [0.25, 0.3) is 0 Å². The minimum Gasteiger partial charge on any atom is -1.00 e. The standard InChI is InChI=1S/C22H22OSi.3ClH.Zr/c1-24(2)15-22(23,20-13-11-16-7-3-5-9-18(16)20)21-14-12-17-8-4-6-10-19(17)21;;;;/h3-15,20-21,23H,1-2H3;3*1H;/q;;;;+3/p-3. The van der Waals surface area contributed by atoms with E-state index in [0.29, 0.717) is 0 Å². The SMILES string of the molecule is C[Si](C)=CC(O)(C1C=Cc2ccccc21)C1C=Cc2ccccc21.[Cl-].[Cl-].[Cl-].[Zr+3]. The Morgan fingerprint density at radius 3 is 1.57 bits per heavy atom. The number of hydrogen-bond acceptors (Lipinski definition) is 1. The summed E-state index contributed by atoms with van der Waals surface area (Å²) in [5.74, 6) is 0.0174. The predicted octanol–water partition coefficient (Wildman–Crippen LogP) is -4.51. The number of benzene rings is 2. The van der Waals surface area contributed by atoms with Gasteiger partial charge in [0.15, 0.2) is 0 Å². The van der Waals surface area contributed by atoms with Crippen LogP contribution in [0.2, 0.25) is 13.1 Å². The molecule has 1 nitrogen and oxygen atoms in total. The molecular formula is C22H22Cl3OSiZr. The molecule has 0 fully saturated rings. The fourth-order valence-electron chi connectivity index (χ4n) is 4.14. The van der Waals surface area contributed by atoms with Crippen LogP contribution in [0.5, 0.6) is 0 Å². The molecule has 1 radical (unpaired) electrons. The molecule has 28 heavy (non-hydrogen) atoms. The van der Waals surface area contributed by atoms with E-state index in [4.69, 9.17) is 0 Å². The summed E-state index contributed by atoms with van der Waals surface area (Å²) in [4.78, 5) is 0. The molecule has 0 heterocycles. The predicted molar refractivity (Wildman–Crippen MR) is 105 cm³/mol. The second-order valence-electron chi connectivity index (χ2n) is 7.04. The molecule has 1 N–H and O–H groups in total. The Balaban J connectivity index is 0.00000182. The molecule has 0 saturated carbocycles. The molecule has 2 unspecified atom stereocenters. The Bertz CT molecular complexity index is 829. The molecule has 2 aliphatic carbocycles. The summed E-state index contributed by atoms with van der Waals surface area (Å²) in [7, 11) is -0.711. The van der Waals surface area contributed by atoms with Gasteiger partial charge in [-0.2, -0.15) is 0 Å². The van der Waals surface area contributed by atoms with Crippen molar-refractivity contribution in [3.05, 3.63) is 82.9 Å². The van der Waals surface area contributed by atoms with Crippen molar-refractivity contribution in [3.63, 3.8) is 0 Å². The largest absolute Gasteiger partial charge is 3.00 e. The third-order valence-electron chi connectivity index (χ3n) is 5.11. The van der Waals surface area contributed by atoms with Crippen molar-refractivity contribution < 1.29 is 68.5 Å². The smallest absolute Gasteiger partial charge is 1.00 e. The van der Waals surface area contributed by atoms with E-state index >= 15 is 0 Å². The first kappa shape index (κ1) is 27.7. The monoisotopic (exact) mass is 525 g/mol. The van der Waals surface area contributed by atoms with Crippen LogP contribution in [0.25, 0.3) is 12.2 Å². The molecule has 0 bridgehead atoms. The summed E-state index contributed by atoms with van der Waals surface area (Å²) in [6, 6.07) is 16.8. The minimum atomic E-state index is -0.885. The molecule has 4 rings (SSSR count). The second-order valence-corrected chi connectivity index (χ2v) is 9.48. The van der Waals surface area contributed by atoms with Crippen molar-refractivity contribution in [2.24, 2.45) is 0 Å². The van der Waals surface area contributed by atoms with Gasteiger partial charge in [0, 0.05) is 20.2 Å². The van der Waals surface area contributed by atoms with Gasteiger partial charge in [0.2, 0.25) is 0 Å². The van der Waals surface area contributed by atoms with Gasteiger partial charge < -0.3 is 42.3 Å². The van der Waals surface area contributed by atoms with Gasteiger partial charge in [-0.05, 0) is 22.3 Å². The van der Waals surface area contributed by atoms with Crippen molar-refractivity contribution in [1.82, 2.24) is 0 Å². The third kappa shape index (κ3) is 4.89. The molecule has 2 atom stereocenters. The summed E-state index contributed by atoms with van der Waals surface area (Å²) in [6.07, 6.45) is 8.67. The van der Waals surface area contributed by atoms with Crippen molar-refractivity contribution >= 4 is 26.2 Å². The maximum Gasteiger partial charge on any atom is 3.00 e. The number of halogens is 3. The molecule has 145 valence electrons. The molecule has 2 aromatic rings. The topological polar surface area (TPSA) is 20.2 Å². The maximum atomic E-state index is 11.9. The number of hydrogen-bond donors (Lipinski definition) is 1. The molecule has 2 aromatic carbocycles. The van der Waals surface area contributed by atoms with Crippen LogP contribution in [-0.4, -0.2) is 24.8 Å². The molecule has 0 spiro atoms. The summed E-state index contributed by atoms with van der Waals surface area (Å²) < 4.78 is 0. The Kier molecular flexibility index (Phi) is 11.1. The van der Waals surface area contributed by atoms with Crippen LogP contribution >= 0.6 is 0 Å². The van der Waals surface area contributed by atoms with Crippen molar-refractivity contribution in [2.75, 3.05) is 0 Å². The van der Waals surface area contributed by atoms with E-state index in [2.05, 4.69) is 91.6 Å². The van der Waals surface area contributed by atoms with Crippen molar-refractivity contribution in [1.29, 1.82) is 0 Å². The average Bonchev–Trinajstić information content (AvgIpc) is 3.19. The first-order valence-electron chi connectivity index (χ1n) is 8.52. The Labute approximate surface area is 206 Å². The van der Waals surface area contributed by atoms with E-state index in [1.807, 2.05) is 0 Å². The van der Waals surface area contributed by atoms with Gasteiger partial charge in [0.1, 0.15) is 0 Å². The summed E-state index contributed by atoms with van der Waals surface area (Å²) in [5, 5.41) is 11.9. The van der Waals surface area contributed by atoms with Crippen LogP contribution in [0, 0.1) is 0 Å². The first-order valence-corrected chi connectivity index (χ1v) is 11.1. The van der Waals surface area contributed by atoms with E-state index in [1.165, 1.54) is 22.3 Å². The van der Waals surface area contributed by atoms with E-state index in [9.17, 15) is 5.11 Å². The van der Waals surface area contributed by atoms with E-state index < -0.39 is 14.0 Å². The Morgan fingerprint density at radius 1 is 0.786 bits per heavy atom. The third-order valence-corrected chi connectivity index (χ3v) is 6.15. The van der Waals surface area contributed by atoms with Gasteiger partial charge >= 0.3 is 26.2 Å². The van der Waals surface area contributed by atoms with Gasteiger partial charge in [-0.1, -0.05) is 91.6 Å². The first-order chi connectivity index (χ1) is 11.6. The number of fused-ring (bicyclic) bond motifs is 2. The Morgan fingerprint density at radius 2 is 1.18 bits per heavy atom. The molecule has 0 saturated heterocycles. The van der Waals surface area contributed by atoms with Gasteiger partial charge in [-0.25, -0.2) is 0 Å². The van der Waals surface area contributed by atoms with Crippen LogP contribution in [0.15, 0.2) is 60.7 Å². The van der Waals surface area contributed by atoms with Gasteiger partial charge in [-0.3, -0.25) is 0 Å². The van der Waals surface area contributed by atoms with Gasteiger partial charge in [-0.15, -0.1) is 0 Å². The molecule has 0 aliphatic heterocycles. The molecule has 0 aromatic heterocycles. The van der Waals surface area contributed by atoms with Crippen LogP contribution in [0.4, 0.5) is 0 Å². The van der Waals surface area contributed by atoms with Crippen molar-refractivity contribution in [3.8, 4) is 0 Å². The molecular weight excluding hydrogens is 506 g/mol. The maximum absolute atomic E-state index is 11.9. The average molecular weight is 528 g/mol. The van der Waals surface area contributed by atoms with E-state index in [-0.39, 0.29) is 75.3 Å². The zero-order valence-electron chi connectivity index (χ0n) is 15.7. The summed E-state index contributed by atoms with van der Waals surface area (Å²) >= 11 is 0. The minimum absolute atomic E-state index is 0. The zero-order chi connectivity index (χ0) is 16.7. The normalized spacial score (nSPS) is 19.5. The molecule has 0 amide bonds. The van der Waals surface area contributed by atoms with Crippen LogP contribution < -0.4 is 37.2 Å². The number of aliphatic hydroxyl groups is 1. The molecule has 2 aliphatic rings. The van der Waals surface area contributed by atoms with Gasteiger partial charge in [0.05, 0.1) is 5.60 Å². The molecule has 6 heteroatoms. The van der Waals surface area contributed by atoms with E-state index in [1.54, 1.807) is 0 Å². The number of rotatable bonds is 3. The van der Waals surface area contributed by atoms with E-state index in [0.717, 1.165) is 0 Å². The summed E-state index contributed by atoms with van der Waals surface area (Å²) in [6.45, 7) is 4.48. The van der Waals surface area contributed by atoms with Crippen molar-refractivity contribution in [2.45, 2.75) is 30.5 Å². The second kappa shape index (κ2) is 11.2. The fourth-order valence-corrected chi connectivity index (χ4v) is 5.42.